The minimum absolute atomic E-state index is 0.0340. The standard InChI is InChI=1S/C42H69N3O7/c1-12-31-23-42(8,49-11)38(52-39-36(46)35(43(9)10)22-29(4)51-39)30(5)37(47)41(6,7)40(48)50-27-34(45(25-31)24-28(2)3)18-15-20-44-21-19-32-16-13-14-17-33(32)26-44/h12-14,16-17,28-31,34-36,38-39,46H,1,15,18-27H2,2-11H3/t29-,30+,31-,34+,35+,36-,38-,39+,42-/m1/s1. The molecule has 0 saturated carbocycles. The molecule has 0 radical (unpaired) electrons. The SMILES string of the molecule is C=C[C@H]1CN(CC(C)C)[C@@H](CCCN2CCc3ccccc3C2)COC(=O)C(C)(C)C(=O)[C@H](C)[C@@H](O[C@@H]2O[C@H](C)C[C@H](N(C)C)[C@H]2O)[C@](C)(OC)C1. The number of esters is 1. The molecule has 0 spiro atoms. The van der Waals surface area contributed by atoms with E-state index in [2.05, 4.69) is 54.5 Å². The summed E-state index contributed by atoms with van der Waals surface area (Å²) >= 11 is 0. The number of hydrogen-bond acceptors (Lipinski definition) is 10. The molecule has 1 aromatic rings. The van der Waals surface area contributed by atoms with Gasteiger partial charge in [-0.2, -0.15) is 0 Å². The summed E-state index contributed by atoms with van der Waals surface area (Å²) in [7, 11) is 5.50. The van der Waals surface area contributed by atoms with Gasteiger partial charge in [0, 0.05) is 51.3 Å². The summed E-state index contributed by atoms with van der Waals surface area (Å²) in [5, 5.41) is 11.5. The highest BCUT2D eigenvalue weighted by molar-refractivity contribution is 6.04. The van der Waals surface area contributed by atoms with Crippen LogP contribution in [0.25, 0.3) is 0 Å². The number of carbonyl (C=O) groups excluding carboxylic acids is 2. The van der Waals surface area contributed by atoms with E-state index in [1.54, 1.807) is 27.9 Å². The van der Waals surface area contributed by atoms with Crippen molar-refractivity contribution in [1.82, 2.24) is 14.7 Å². The van der Waals surface area contributed by atoms with Crippen LogP contribution < -0.4 is 0 Å². The van der Waals surface area contributed by atoms with Gasteiger partial charge in [0.1, 0.15) is 18.1 Å². The lowest BCUT2D eigenvalue weighted by molar-refractivity contribution is -0.295. The zero-order valence-corrected chi connectivity index (χ0v) is 33.8. The maximum absolute atomic E-state index is 14.4. The Balaban J connectivity index is 1.64. The number of cyclic esters (lactones) is 1. The second kappa shape index (κ2) is 18.4. The number of methoxy groups -OCH3 is 1. The van der Waals surface area contributed by atoms with E-state index >= 15 is 0 Å². The predicted octanol–water partition coefficient (Wildman–Crippen LogP) is 5.35. The average molecular weight is 728 g/mol. The lowest BCUT2D eigenvalue weighted by atomic mass is 9.74. The molecular formula is C42H69N3O7. The first-order valence-electron chi connectivity index (χ1n) is 19.6. The lowest BCUT2D eigenvalue weighted by Gasteiger charge is -2.47. The number of fused-ring (bicyclic) bond motifs is 1. The van der Waals surface area contributed by atoms with Crippen molar-refractivity contribution >= 4 is 11.8 Å². The Morgan fingerprint density at radius 3 is 2.46 bits per heavy atom. The van der Waals surface area contributed by atoms with E-state index in [9.17, 15) is 14.7 Å². The largest absolute Gasteiger partial charge is 0.463 e. The van der Waals surface area contributed by atoms with E-state index in [4.69, 9.17) is 18.9 Å². The minimum atomic E-state index is -1.44. The summed E-state index contributed by atoms with van der Waals surface area (Å²) in [6.45, 7) is 22.3. The van der Waals surface area contributed by atoms with Crippen LogP contribution in [0.4, 0.5) is 0 Å². The van der Waals surface area contributed by atoms with Crippen LogP contribution in [0.5, 0.6) is 0 Å². The topological polar surface area (TPSA) is 101 Å². The average Bonchev–Trinajstić information content (AvgIpc) is 3.10. The lowest BCUT2D eigenvalue weighted by Crippen LogP contribution is -2.59. The molecule has 3 heterocycles. The van der Waals surface area contributed by atoms with Gasteiger partial charge in [-0.25, -0.2) is 0 Å². The molecule has 4 rings (SSSR count). The maximum Gasteiger partial charge on any atom is 0.319 e. The molecule has 0 unspecified atom stereocenters. The number of Topliss-reactive ketones (excluding diaryl/α,β-unsaturated/α-hetero) is 1. The van der Waals surface area contributed by atoms with Gasteiger partial charge in [0.05, 0.1) is 17.8 Å². The van der Waals surface area contributed by atoms with E-state index < -0.39 is 41.4 Å². The number of hydrogen-bond donors (Lipinski definition) is 1. The Hall–Kier alpha value is -2.18. The van der Waals surface area contributed by atoms with Crippen LogP contribution in [0.3, 0.4) is 0 Å². The highest BCUT2D eigenvalue weighted by Crippen LogP contribution is 2.39. The molecule has 52 heavy (non-hydrogen) atoms. The van der Waals surface area contributed by atoms with Gasteiger partial charge in [-0.15, -0.1) is 6.58 Å². The summed E-state index contributed by atoms with van der Waals surface area (Å²) < 4.78 is 25.4. The van der Waals surface area contributed by atoms with Crippen molar-refractivity contribution in [3.8, 4) is 0 Å². The first-order chi connectivity index (χ1) is 24.5. The summed E-state index contributed by atoms with van der Waals surface area (Å²) in [5.41, 5.74) is 0.405. The fourth-order valence-electron chi connectivity index (χ4n) is 8.62. The third kappa shape index (κ3) is 10.3. The van der Waals surface area contributed by atoms with Gasteiger partial charge in [-0.1, -0.05) is 51.1 Å². The Morgan fingerprint density at radius 1 is 1.13 bits per heavy atom. The van der Waals surface area contributed by atoms with Crippen LogP contribution in [0.2, 0.25) is 0 Å². The molecular weight excluding hydrogens is 658 g/mol. The van der Waals surface area contributed by atoms with Crippen LogP contribution >= 0.6 is 0 Å². The Labute approximate surface area is 314 Å². The number of benzene rings is 1. The number of likely N-dealkylation sites (N-methyl/N-ethyl adjacent to an activating group) is 1. The first-order valence-corrected chi connectivity index (χ1v) is 19.6. The van der Waals surface area contributed by atoms with Gasteiger partial charge < -0.3 is 29.0 Å². The molecule has 3 aliphatic heterocycles. The fourth-order valence-corrected chi connectivity index (χ4v) is 8.62. The number of aliphatic hydroxyl groups excluding tert-OH is 1. The van der Waals surface area contributed by atoms with E-state index in [-0.39, 0.29) is 36.5 Å². The molecule has 1 N–H and O–H groups in total. The summed E-state index contributed by atoms with van der Waals surface area (Å²) in [6.07, 6.45) is 3.03. The van der Waals surface area contributed by atoms with E-state index in [0.29, 0.717) is 25.3 Å². The maximum atomic E-state index is 14.4. The molecule has 3 aliphatic rings. The van der Waals surface area contributed by atoms with E-state index in [1.165, 1.54) is 11.1 Å². The Kier molecular flexibility index (Phi) is 15.1. The predicted molar refractivity (Wildman–Crippen MR) is 205 cm³/mol. The summed E-state index contributed by atoms with van der Waals surface area (Å²) in [6, 6.07) is 8.48. The highest BCUT2D eigenvalue weighted by atomic mass is 16.7. The molecule has 2 fully saturated rings. The number of carbonyl (C=O) groups is 2. The molecule has 294 valence electrons. The third-order valence-corrected chi connectivity index (χ3v) is 11.8. The molecule has 0 bridgehead atoms. The first kappa shape index (κ1) is 42.6. The summed E-state index contributed by atoms with van der Waals surface area (Å²) in [4.78, 5) is 35.3. The van der Waals surface area contributed by atoms with Crippen molar-refractivity contribution < 1.29 is 33.6 Å². The van der Waals surface area contributed by atoms with Gasteiger partial charge >= 0.3 is 5.97 Å². The van der Waals surface area contributed by atoms with Crippen molar-refractivity contribution in [1.29, 1.82) is 0 Å². The van der Waals surface area contributed by atoms with E-state index in [0.717, 1.165) is 45.4 Å². The number of rotatable bonds is 11. The zero-order chi connectivity index (χ0) is 38.4. The van der Waals surface area contributed by atoms with E-state index in [1.807, 2.05) is 38.9 Å². The van der Waals surface area contributed by atoms with Gasteiger partial charge in [0.25, 0.3) is 0 Å². The van der Waals surface area contributed by atoms with Crippen molar-refractivity contribution in [2.45, 2.75) is 129 Å². The van der Waals surface area contributed by atoms with Gasteiger partial charge in [0.15, 0.2) is 12.1 Å². The smallest absolute Gasteiger partial charge is 0.319 e. The molecule has 9 atom stereocenters. The van der Waals surface area contributed by atoms with Gasteiger partial charge in [-0.05, 0) is 103 Å². The molecule has 0 aromatic heterocycles. The van der Waals surface area contributed by atoms with Crippen molar-refractivity contribution in [2.75, 3.05) is 54.0 Å². The molecule has 0 aliphatic carbocycles. The molecule has 10 nitrogen and oxygen atoms in total. The monoisotopic (exact) mass is 728 g/mol. The number of ketones is 1. The molecule has 2 saturated heterocycles. The fraction of sp³-hybridized carbons (Fsp3) is 0.762. The third-order valence-electron chi connectivity index (χ3n) is 11.8. The quantitative estimate of drug-likeness (QED) is 0.183. The van der Waals surface area contributed by atoms with Crippen molar-refractivity contribution in [3.05, 3.63) is 48.0 Å². The Bertz CT molecular complexity index is 1340. The zero-order valence-electron chi connectivity index (χ0n) is 33.8. The van der Waals surface area contributed by atoms with Crippen LogP contribution in [-0.2, 0) is 41.5 Å². The molecule has 10 heteroatoms. The highest BCUT2D eigenvalue weighted by Gasteiger charge is 2.51. The van der Waals surface area contributed by atoms with Crippen molar-refractivity contribution in [3.63, 3.8) is 0 Å². The normalized spacial score (nSPS) is 34.2. The van der Waals surface area contributed by atoms with Crippen LogP contribution in [0.15, 0.2) is 36.9 Å². The van der Waals surface area contributed by atoms with Crippen LogP contribution in [0, 0.1) is 23.2 Å². The second-order valence-corrected chi connectivity index (χ2v) is 17.2. The number of aliphatic hydroxyl groups is 1. The minimum Gasteiger partial charge on any atom is -0.463 e. The molecule has 0 amide bonds. The van der Waals surface area contributed by atoms with Gasteiger partial charge in [0.2, 0.25) is 0 Å². The second-order valence-electron chi connectivity index (χ2n) is 17.2. The Morgan fingerprint density at radius 2 is 1.83 bits per heavy atom. The van der Waals surface area contributed by atoms with Gasteiger partial charge in [-0.3, -0.25) is 19.4 Å². The van der Waals surface area contributed by atoms with Crippen LogP contribution in [-0.4, -0.2) is 128 Å². The van der Waals surface area contributed by atoms with Crippen LogP contribution in [0.1, 0.15) is 85.3 Å². The summed E-state index contributed by atoms with van der Waals surface area (Å²) in [5.74, 6) is -1.30. The molecule has 1 aromatic carbocycles. The number of nitrogens with zero attached hydrogens (tertiary/aromatic N) is 3. The van der Waals surface area contributed by atoms with Crippen molar-refractivity contribution in [2.24, 2.45) is 23.2 Å². The number of ether oxygens (including phenoxy) is 4.